The molecule has 2 rings (SSSR count). The summed E-state index contributed by atoms with van der Waals surface area (Å²) in [6.07, 6.45) is 4.21. The van der Waals surface area contributed by atoms with Crippen molar-refractivity contribution in [3.63, 3.8) is 0 Å². The lowest BCUT2D eigenvalue weighted by molar-refractivity contribution is 0.0763. The highest BCUT2D eigenvalue weighted by Crippen LogP contribution is 2.25. The van der Waals surface area contributed by atoms with Gasteiger partial charge in [-0.3, -0.25) is 0 Å². The van der Waals surface area contributed by atoms with Gasteiger partial charge in [-0.15, -0.1) is 0 Å². The van der Waals surface area contributed by atoms with Gasteiger partial charge in [-0.1, -0.05) is 26.7 Å². The molecule has 1 aromatic rings. The average molecular weight is 292 g/mol. The number of hydrogen-bond donors (Lipinski definition) is 3. The molecule has 5 heteroatoms. The predicted octanol–water partition coefficient (Wildman–Crippen LogP) is 2.99. The molecular weight excluding hydrogens is 264 g/mol. The Morgan fingerprint density at radius 3 is 2.48 bits per heavy atom. The minimum Gasteiger partial charge on any atom is -0.393 e. The lowest BCUT2D eigenvalue weighted by Crippen LogP contribution is -2.30. The molecule has 1 fully saturated rings. The minimum atomic E-state index is -0.175. The third-order valence-electron chi connectivity index (χ3n) is 4.03. The maximum Gasteiger partial charge on any atom is 0.135 e. The van der Waals surface area contributed by atoms with Crippen LogP contribution in [0.4, 0.5) is 11.6 Å². The number of aliphatic hydroxyl groups is 1. The van der Waals surface area contributed by atoms with Crippen LogP contribution in [0.25, 0.3) is 0 Å². The first kappa shape index (κ1) is 16.0. The SMILES string of the molecule is CCNc1cc(NCC2CCCCC2O)nc(C(C)C)n1. The Hall–Kier alpha value is -1.36. The first-order chi connectivity index (χ1) is 10.1. The Kier molecular flexibility index (Phi) is 5.79. The van der Waals surface area contributed by atoms with E-state index in [9.17, 15) is 5.11 Å². The number of rotatable bonds is 6. The Morgan fingerprint density at radius 2 is 1.86 bits per heavy atom. The van der Waals surface area contributed by atoms with Crippen LogP contribution in [-0.2, 0) is 0 Å². The van der Waals surface area contributed by atoms with Crippen LogP contribution in [0.3, 0.4) is 0 Å². The van der Waals surface area contributed by atoms with Crippen LogP contribution in [-0.4, -0.2) is 34.3 Å². The van der Waals surface area contributed by atoms with Gasteiger partial charge in [-0.25, -0.2) is 9.97 Å². The Morgan fingerprint density at radius 1 is 1.19 bits per heavy atom. The number of nitrogens with one attached hydrogen (secondary N) is 2. The van der Waals surface area contributed by atoms with Gasteiger partial charge in [-0.05, 0) is 19.8 Å². The number of hydrogen-bond acceptors (Lipinski definition) is 5. The van der Waals surface area contributed by atoms with Crippen molar-refractivity contribution >= 4 is 11.6 Å². The number of aliphatic hydroxyl groups excluding tert-OH is 1. The van der Waals surface area contributed by atoms with Gasteiger partial charge < -0.3 is 15.7 Å². The van der Waals surface area contributed by atoms with Crippen molar-refractivity contribution in [2.45, 2.75) is 58.5 Å². The highest BCUT2D eigenvalue weighted by atomic mass is 16.3. The van der Waals surface area contributed by atoms with E-state index in [1.165, 1.54) is 6.42 Å². The van der Waals surface area contributed by atoms with E-state index in [4.69, 9.17) is 0 Å². The summed E-state index contributed by atoms with van der Waals surface area (Å²) < 4.78 is 0. The van der Waals surface area contributed by atoms with Crippen molar-refractivity contribution in [2.75, 3.05) is 23.7 Å². The van der Waals surface area contributed by atoms with Crippen LogP contribution in [0.5, 0.6) is 0 Å². The quantitative estimate of drug-likeness (QED) is 0.752. The van der Waals surface area contributed by atoms with Crippen molar-refractivity contribution in [1.82, 2.24) is 9.97 Å². The zero-order valence-corrected chi connectivity index (χ0v) is 13.4. The van der Waals surface area contributed by atoms with Crippen LogP contribution in [0.1, 0.15) is 58.2 Å². The van der Waals surface area contributed by atoms with Crippen molar-refractivity contribution < 1.29 is 5.11 Å². The summed E-state index contributed by atoms with van der Waals surface area (Å²) in [5, 5.41) is 16.7. The number of anilines is 2. The third-order valence-corrected chi connectivity index (χ3v) is 4.03. The second-order valence-electron chi connectivity index (χ2n) is 6.17. The maximum atomic E-state index is 10.0. The second kappa shape index (κ2) is 7.59. The number of aromatic nitrogens is 2. The van der Waals surface area contributed by atoms with Gasteiger partial charge in [0.25, 0.3) is 0 Å². The molecule has 0 radical (unpaired) electrons. The van der Waals surface area contributed by atoms with Gasteiger partial charge in [0, 0.05) is 31.0 Å². The van der Waals surface area contributed by atoms with E-state index in [0.29, 0.717) is 11.8 Å². The van der Waals surface area contributed by atoms with Crippen LogP contribution >= 0.6 is 0 Å². The van der Waals surface area contributed by atoms with Crippen LogP contribution < -0.4 is 10.6 Å². The smallest absolute Gasteiger partial charge is 0.135 e. The summed E-state index contributed by atoms with van der Waals surface area (Å²) in [6, 6.07) is 1.95. The van der Waals surface area contributed by atoms with E-state index in [2.05, 4.69) is 41.4 Å². The van der Waals surface area contributed by atoms with Gasteiger partial charge >= 0.3 is 0 Å². The fraction of sp³-hybridized carbons (Fsp3) is 0.750. The van der Waals surface area contributed by atoms with E-state index in [0.717, 1.165) is 49.8 Å². The first-order valence-corrected chi connectivity index (χ1v) is 8.15. The highest BCUT2D eigenvalue weighted by Gasteiger charge is 2.22. The molecule has 0 aliphatic heterocycles. The first-order valence-electron chi connectivity index (χ1n) is 8.15. The molecule has 3 N–H and O–H groups in total. The van der Waals surface area contributed by atoms with E-state index < -0.39 is 0 Å². The second-order valence-corrected chi connectivity index (χ2v) is 6.17. The summed E-state index contributed by atoms with van der Waals surface area (Å²) >= 11 is 0. The molecule has 2 atom stereocenters. The summed E-state index contributed by atoms with van der Waals surface area (Å²) in [6.45, 7) is 7.87. The monoisotopic (exact) mass is 292 g/mol. The summed E-state index contributed by atoms with van der Waals surface area (Å²) in [4.78, 5) is 9.10. The maximum absolute atomic E-state index is 10.0. The molecule has 0 bridgehead atoms. The molecule has 2 unspecified atom stereocenters. The van der Waals surface area contributed by atoms with Crippen molar-refractivity contribution in [3.05, 3.63) is 11.9 Å². The fourth-order valence-electron chi connectivity index (χ4n) is 2.75. The highest BCUT2D eigenvalue weighted by molar-refractivity contribution is 5.47. The van der Waals surface area contributed by atoms with Gasteiger partial charge in [-0.2, -0.15) is 0 Å². The fourth-order valence-corrected chi connectivity index (χ4v) is 2.75. The minimum absolute atomic E-state index is 0.175. The molecule has 1 aliphatic carbocycles. The normalized spacial score (nSPS) is 22.3. The van der Waals surface area contributed by atoms with Crippen molar-refractivity contribution in [1.29, 1.82) is 0 Å². The summed E-state index contributed by atoms with van der Waals surface area (Å²) in [5.74, 6) is 3.19. The standard InChI is InChI=1S/C16H28N4O/c1-4-17-14-9-15(20-16(19-14)11(2)3)18-10-12-7-5-6-8-13(12)21/h9,11-13,21H,4-8,10H2,1-3H3,(H2,17,18,19,20). The molecule has 21 heavy (non-hydrogen) atoms. The Labute approximate surface area is 127 Å². The predicted molar refractivity (Wildman–Crippen MR) is 86.7 cm³/mol. The topological polar surface area (TPSA) is 70.1 Å². The van der Waals surface area contributed by atoms with Gasteiger partial charge in [0.15, 0.2) is 0 Å². The zero-order chi connectivity index (χ0) is 15.2. The molecule has 0 saturated heterocycles. The molecule has 0 amide bonds. The van der Waals surface area contributed by atoms with Crippen LogP contribution in [0.2, 0.25) is 0 Å². The molecule has 118 valence electrons. The van der Waals surface area contributed by atoms with E-state index >= 15 is 0 Å². The third kappa shape index (κ3) is 4.56. The van der Waals surface area contributed by atoms with E-state index in [-0.39, 0.29) is 6.10 Å². The average Bonchev–Trinajstić information content (AvgIpc) is 2.46. The molecule has 1 aromatic heterocycles. The Bertz CT molecular complexity index is 450. The van der Waals surface area contributed by atoms with Gasteiger partial charge in [0.2, 0.25) is 0 Å². The molecular formula is C16H28N4O. The molecule has 5 nitrogen and oxygen atoms in total. The van der Waals surface area contributed by atoms with Crippen molar-refractivity contribution in [3.8, 4) is 0 Å². The number of nitrogens with zero attached hydrogens (tertiary/aromatic N) is 2. The van der Waals surface area contributed by atoms with Crippen LogP contribution in [0, 0.1) is 5.92 Å². The summed E-state index contributed by atoms with van der Waals surface area (Å²) in [5.41, 5.74) is 0. The Balaban J connectivity index is 2.04. The van der Waals surface area contributed by atoms with E-state index in [1.807, 2.05) is 6.07 Å². The van der Waals surface area contributed by atoms with Gasteiger partial charge in [0.05, 0.1) is 6.10 Å². The molecule has 1 saturated carbocycles. The van der Waals surface area contributed by atoms with Gasteiger partial charge in [0.1, 0.15) is 17.5 Å². The molecule has 0 spiro atoms. The van der Waals surface area contributed by atoms with Crippen molar-refractivity contribution in [2.24, 2.45) is 5.92 Å². The zero-order valence-electron chi connectivity index (χ0n) is 13.4. The van der Waals surface area contributed by atoms with E-state index in [1.54, 1.807) is 0 Å². The molecule has 1 heterocycles. The van der Waals surface area contributed by atoms with Crippen LogP contribution in [0.15, 0.2) is 6.07 Å². The molecule has 0 aromatic carbocycles. The molecule has 1 aliphatic rings. The largest absolute Gasteiger partial charge is 0.393 e. The summed E-state index contributed by atoms with van der Waals surface area (Å²) in [7, 11) is 0. The lowest BCUT2D eigenvalue weighted by atomic mass is 9.86. The lowest BCUT2D eigenvalue weighted by Gasteiger charge is -2.27.